The van der Waals surface area contributed by atoms with Gasteiger partial charge in [0.2, 0.25) is 0 Å². The highest BCUT2D eigenvalue weighted by atomic mass is 16.6. The number of nitrogens with zero attached hydrogens (tertiary/aromatic N) is 2. The molecule has 17 heavy (non-hydrogen) atoms. The normalized spacial score (nSPS) is 10.0. The summed E-state index contributed by atoms with van der Waals surface area (Å²) in [4.78, 5) is 14.2. The van der Waals surface area contributed by atoms with E-state index in [2.05, 4.69) is 15.7 Å². The molecule has 0 saturated carbocycles. The SMILES string of the molecule is CCOCCNc1cc([N+](=O)[O-])cc(NN)n1. The highest BCUT2D eigenvalue weighted by Gasteiger charge is 2.10. The van der Waals surface area contributed by atoms with Gasteiger partial charge in [0.15, 0.2) is 0 Å². The third kappa shape index (κ3) is 4.21. The van der Waals surface area contributed by atoms with E-state index in [1.54, 1.807) is 0 Å². The zero-order valence-electron chi connectivity index (χ0n) is 9.47. The first-order valence-corrected chi connectivity index (χ1v) is 5.12. The van der Waals surface area contributed by atoms with E-state index in [1.807, 2.05) is 6.92 Å². The molecular weight excluding hydrogens is 226 g/mol. The smallest absolute Gasteiger partial charge is 0.276 e. The molecule has 1 aromatic heterocycles. The lowest BCUT2D eigenvalue weighted by Crippen LogP contribution is -2.13. The first kappa shape index (κ1) is 13.1. The average molecular weight is 241 g/mol. The van der Waals surface area contributed by atoms with Crippen molar-refractivity contribution in [2.75, 3.05) is 30.5 Å². The summed E-state index contributed by atoms with van der Waals surface area (Å²) in [7, 11) is 0. The van der Waals surface area contributed by atoms with Crippen LogP contribution in [0, 0.1) is 10.1 Å². The lowest BCUT2D eigenvalue weighted by Gasteiger charge is -2.07. The molecule has 1 aromatic rings. The number of rotatable bonds is 7. The molecule has 1 heterocycles. The molecule has 8 nitrogen and oxygen atoms in total. The molecule has 0 aliphatic carbocycles. The third-order valence-electron chi connectivity index (χ3n) is 1.93. The number of nitrogen functional groups attached to an aromatic ring is 1. The van der Waals surface area contributed by atoms with Crippen LogP contribution in [0.1, 0.15) is 6.92 Å². The van der Waals surface area contributed by atoms with Gasteiger partial charge in [0.05, 0.1) is 23.7 Å². The number of nitrogens with one attached hydrogen (secondary N) is 2. The zero-order valence-corrected chi connectivity index (χ0v) is 9.47. The number of nitro groups is 1. The maximum Gasteiger partial charge on any atom is 0.276 e. The van der Waals surface area contributed by atoms with Gasteiger partial charge in [-0.3, -0.25) is 10.1 Å². The highest BCUT2D eigenvalue weighted by Crippen LogP contribution is 2.19. The summed E-state index contributed by atoms with van der Waals surface area (Å²) >= 11 is 0. The molecule has 8 heteroatoms. The van der Waals surface area contributed by atoms with Crippen LogP contribution >= 0.6 is 0 Å². The second-order valence-electron chi connectivity index (χ2n) is 3.12. The van der Waals surface area contributed by atoms with Crippen LogP contribution in [0.15, 0.2) is 12.1 Å². The summed E-state index contributed by atoms with van der Waals surface area (Å²) in [6, 6.07) is 2.60. The molecule has 0 atom stereocenters. The van der Waals surface area contributed by atoms with Crippen LogP contribution in [0.5, 0.6) is 0 Å². The van der Waals surface area contributed by atoms with Gasteiger partial charge in [-0.25, -0.2) is 10.8 Å². The van der Waals surface area contributed by atoms with Gasteiger partial charge >= 0.3 is 0 Å². The van der Waals surface area contributed by atoms with Gasteiger partial charge in [0.1, 0.15) is 11.6 Å². The molecule has 0 unspecified atom stereocenters. The number of hydrogen-bond acceptors (Lipinski definition) is 7. The van der Waals surface area contributed by atoms with Crippen molar-refractivity contribution in [2.45, 2.75) is 6.92 Å². The van der Waals surface area contributed by atoms with Gasteiger partial charge in [-0.2, -0.15) is 0 Å². The minimum atomic E-state index is -0.504. The fourth-order valence-electron chi connectivity index (χ4n) is 1.18. The van der Waals surface area contributed by atoms with E-state index in [0.29, 0.717) is 25.6 Å². The van der Waals surface area contributed by atoms with E-state index in [0.717, 1.165) is 0 Å². The van der Waals surface area contributed by atoms with E-state index in [1.165, 1.54) is 12.1 Å². The maximum atomic E-state index is 10.7. The number of hydrazine groups is 1. The van der Waals surface area contributed by atoms with Crippen molar-refractivity contribution in [2.24, 2.45) is 5.84 Å². The quantitative estimate of drug-likeness (QED) is 0.279. The molecule has 0 radical (unpaired) electrons. The lowest BCUT2D eigenvalue weighted by molar-refractivity contribution is -0.384. The Hall–Kier alpha value is -1.93. The van der Waals surface area contributed by atoms with E-state index < -0.39 is 4.92 Å². The Labute approximate surface area is 98.3 Å². The second kappa shape index (κ2) is 6.61. The van der Waals surface area contributed by atoms with Crippen LogP contribution < -0.4 is 16.6 Å². The van der Waals surface area contributed by atoms with Crippen molar-refractivity contribution in [1.82, 2.24) is 4.98 Å². The first-order chi connectivity index (χ1) is 8.17. The van der Waals surface area contributed by atoms with E-state index >= 15 is 0 Å². The first-order valence-electron chi connectivity index (χ1n) is 5.12. The summed E-state index contributed by atoms with van der Waals surface area (Å²) < 4.78 is 5.13. The molecule has 0 fully saturated rings. The minimum absolute atomic E-state index is 0.0770. The van der Waals surface area contributed by atoms with Crippen LogP contribution in [0.4, 0.5) is 17.3 Å². The molecule has 0 bridgehead atoms. The van der Waals surface area contributed by atoms with Crippen LogP contribution in [0.25, 0.3) is 0 Å². The Bertz CT molecular complexity index is 385. The monoisotopic (exact) mass is 241 g/mol. The van der Waals surface area contributed by atoms with Gasteiger partial charge in [0.25, 0.3) is 5.69 Å². The van der Waals surface area contributed by atoms with Crippen LogP contribution in [-0.2, 0) is 4.74 Å². The van der Waals surface area contributed by atoms with Crippen molar-refractivity contribution in [3.63, 3.8) is 0 Å². The van der Waals surface area contributed by atoms with Crippen molar-refractivity contribution in [3.05, 3.63) is 22.2 Å². The fourth-order valence-corrected chi connectivity index (χ4v) is 1.18. The van der Waals surface area contributed by atoms with E-state index in [-0.39, 0.29) is 11.5 Å². The van der Waals surface area contributed by atoms with Crippen LogP contribution in [-0.4, -0.2) is 29.7 Å². The molecular formula is C9H15N5O3. The molecule has 0 aliphatic heterocycles. The van der Waals surface area contributed by atoms with Crippen LogP contribution in [0.2, 0.25) is 0 Å². The number of hydrogen-bond donors (Lipinski definition) is 3. The zero-order chi connectivity index (χ0) is 12.7. The summed E-state index contributed by atoms with van der Waals surface area (Å²) in [5.74, 6) is 5.79. The number of pyridine rings is 1. The largest absolute Gasteiger partial charge is 0.380 e. The van der Waals surface area contributed by atoms with Gasteiger partial charge in [-0.15, -0.1) is 0 Å². The third-order valence-corrected chi connectivity index (χ3v) is 1.93. The second-order valence-corrected chi connectivity index (χ2v) is 3.12. The standard InChI is InChI=1S/C9H15N5O3/c1-2-17-4-3-11-8-5-7(14(15)16)6-9(12-8)13-10/h5-6H,2-4,10H2,1H3,(H2,11,12,13). The molecule has 0 aromatic carbocycles. The molecule has 1 rings (SSSR count). The van der Waals surface area contributed by atoms with E-state index in [4.69, 9.17) is 10.6 Å². The van der Waals surface area contributed by atoms with Crippen molar-refractivity contribution in [1.29, 1.82) is 0 Å². The number of anilines is 2. The highest BCUT2D eigenvalue weighted by molar-refractivity contribution is 5.54. The number of nitrogens with two attached hydrogens (primary N) is 1. The Kier molecular flexibility index (Phi) is 5.11. The molecule has 0 saturated heterocycles. The molecule has 4 N–H and O–H groups in total. The molecule has 0 amide bonds. The predicted molar refractivity (Wildman–Crippen MR) is 63.7 cm³/mol. The maximum absolute atomic E-state index is 10.7. The summed E-state index contributed by atoms with van der Waals surface area (Å²) in [6.45, 7) is 3.54. The van der Waals surface area contributed by atoms with Crippen molar-refractivity contribution < 1.29 is 9.66 Å². The molecule has 0 aliphatic rings. The minimum Gasteiger partial charge on any atom is -0.380 e. The van der Waals surface area contributed by atoms with Crippen molar-refractivity contribution >= 4 is 17.3 Å². The fraction of sp³-hybridized carbons (Fsp3) is 0.444. The van der Waals surface area contributed by atoms with Crippen LogP contribution in [0.3, 0.4) is 0 Å². The predicted octanol–water partition coefficient (Wildman–Crippen LogP) is 0.724. The van der Waals surface area contributed by atoms with Gasteiger partial charge in [0, 0.05) is 13.2 Å². The van der Waals surface area contributed by atoms with Crippen molar-refractivity contribution in [3.8, 4) is 0 Å². The van der Waals surface area contributed by atoms with E-state index in [9.17, 15) is 10.1 Å². The van der Waals surface area contributed by atoms with Gasteiger partial charge in [-0.05, 0) is 6.92 Å². The number of ether oxygens (including phenoxy) is 1. The van der Waals surface area contributed by atoms with Gasteiger partial charge < -0.3 is 15.5 Å². The number of aromatic nitrogens is 1. The Morgan fingerprint density at radius 1 is 1.53 bits per heavy atom. The average Bonchev–Trinajstić information content (AvgIpc) is 2.34. The summed E-state index contributed by atoms with van der Waals surface area (Å²) in [5, 5.41) is 13.6. The Morgan fingerprint density at radius 2 is 2.24 bits per heavy atom. The Balaban J connectivity index is 2.70. The summed E-state index contributed by atoms with van der Waals surface area (Å²) in [6.07, 6.45) is 0. The lowest BCUT2D eigenvalue weighted by atomic mass is 10.3. The molecule has 94 valence electrons. The summed E-state index contributed by atoms with van der Waals surface area (Å²) in [5.41, 5.74) is 2.20. The topological polar surface area (TPSA) is 115 Å². The Morgan fingerprint density at radius 3 is 2.82 bits per heavy atom. The van der Waals surface area contributed by atoms with Gasteiger partial charge in [-0.1, -0.05) is 0 Å². The molecule has 0 spiro atoms.